The number of hydrogen-bond donors (Lipinski definition) is 1. The van der Waals surface area contributed by atoms with Gasteiger partial charge in [0, 0.05) is 44.1 Å². The monoisotopic (exact) mass is 391 g/mol. The van der Waals surface area contributed by atoms with Crippen LogP contribution in [0.15, 0.2) is 10.6 Å². The van der Waals surface area contributed by atoms with Gasteiger partial charge in [-0.25, -0.2) is 4.98 Å². The second-order valence-corrected chi connectivity index (χ2v) is 7.96. The Morgan fingerprint density at radius 3 is 2.96 bits per heavy atom. The second-order valence-electron chi connectivity index (χ2n) is 7.60. The lowest BCUT2D eigenvalue weighted by Crippen LogP contribution is -2.36. The number of fused-ring (bicyclic) bond motifs is 1. The highest BCUT2D eigenvalue weighted by Crippen LogP contribution is 2.34. The summed E-state index contributed by atoms with van der Waals surface area (Å²) in [5.41, 5.74) is 1.78. The second kappa shape index (κ2) is 7.64. The van der Waals surface area contributed by atoms with Crippen molar-refractivity contribution < 1.29 is 9.32 Å². The highest BCUT2D eigenvalue weighted by atomic mass is 35.5. The average molecular weight is 392 g/mol. The number of carbonyl (C=O) groups is 1. The number of amides is 1. The molecule has 27 heavy (non-hydrogen) atoms. The van der Waals surface area contributed by atoms with Gasteiger partial charge in [-0.2, -0.15) is 0 Å². The van der Waals surface area contributed by atoms with Gasteiger partial charge in [0.1, 0.15) is 17.3 Å². The number of carbonyl (C=O) groups excluding carboxylic acids is 1. The lowest BCUT2D eigenvalue weighted by Gasteiger charge is -2.24. The lowest BCUT2D eigenvalue weighted by atomic mass is 10.1. The molecule has 4 rings (SSSR count). The molecule has 1 amide bonds. The third kappa shape index (κ3) is 3.75. The van der Waals surface area contributed by atoms with Crippen molar-refractivity contribution in [2.45, 2.75) is 71.1 Å². The molecular weight excluding hydrogens is 366 g/mol. The van der Waals surface area contributed by atoms with Crippen LogP contribution in [0.3, 0.4) is 0 Å². The molecule has 2 saturated heterocycles. The Bertz CT molecular complexity index is 817. The van der Waals surface area contributed by atoms with Gasteiger partial charge in [-0.3, -0.25) is 9.69 Å². The zero-order valence-corrected chi connectivity index (χ0v) is 16.6. The maximum Gasteiger partial charge on any atom is 0.224 e. The minimum absolute atomic E-state index is 0.190. The zero-order chi connectivity index (χ0) is 19.0. The predicted octanol–water partition coefficient (Wildman–Crippen LogP) is 3.08. The molecule has 0 unspecified atom stereocenters. The van der Waals surface area contributed by atoms with Gasteiger partial charge < -0.3 is 14.4 Å². The molecule has 8 heteroatoms. The summed E-state index contributed by atoms with van der Waals surface area (Å²) in [7, 11) is 0. The highest BCUT2D eigenvalue weighted by molar-refractivity contribution is 6.30. The summed E-state index contributed by atoms with van der Waals surface area (Å²) in [6, 6.07) is 2.36. The Kier molecular flexibility index (Phi) is 5.23. The Hall–Kier alpha value is -1.86. The molecular formula is C19H26ClN5O2. The molecule has 0 spiro atoms. The van der Waals surface area contributed by atoms with Gasteiger partial charge in [0.05, 0.1) is 12.2 Å². The summed E-state index contributed by atoms with van der Waals surface area (Å²) in [6.07, 6.45) is 4.68. The summed E-state index contributed by atoms with van der Waals surface area (Å²) in [4.78, 5) is 24.7. The molecule has 7 nitrogen and oxygen atoms in total. The minimum atomic E-state index is 0.190. The molecule has 0 aliphatic carbocycles. The third-order valence-corrected chi connectivity index (χ3v) is 5.96. The van der Waals surface area contributed by atoms with Crippen LogP contribution in [0.4, 0.5) is 0 Å². The first-order valence-electron chi connectivity index (χ1n) is 9.74. The largest absolute Gasteiger partial charge is 0.361 e. The molecule has 2 aromatic rings. The van der Waals surface area contributed by atoms with E-state index in [1.807, 2.05) is 17.9 Å². The van der Waals surface area contributed by atoms with Crippen molar-refractivity contribution in [2.24, 2.45) is 0 Å². The number of halogens is 1. The fraction of sp³-hybridized carbons (Fsp3) is 0.632. The van der Waals surface area contributed by atoms with E-state index in [0.29, 0.717) is 24.7 Å². The fourth-order valence-electron chi connectivity index (χ4n) is 4.29. The molecule has 2 aromatic heterocycles. The van der Waals surface area contributed by atoms with Crippen molar-refractivity contribution in [3.63, 3.8) is 0 Å². The van der Waals surface area contributed by atoms with Crippen LogP contribution in [0, 0.1) is 6.92 Å². The van der Waals surface area contributed by atoms with Gasteiger partial charge in [-0.15, -0.1) is 0 Å². The van der Waals surface area contributed by atoms with Crippen LogP contribution >= 0.6 is 11.6 Å². The number of unbranched alkanes of at least 4 members (excludes halogenated alkanes) is 1. The van der Waals surface area contributed by atoms with Crippen LogP contribution < -0.4 is 0 Å². The minimum Gasteiger partial charge on any atom is -0.361 e. The standard InChI is InChI=1S/C19H26ClN5O2/c1-3-4-5-17-21-14(19(20)22-17)11-24-7-6-15-16(24)9-18(26)25(15)10-13-8-12(2)27-23-13/h8,15-16H,3-7,9-11H2,1-2H3,(H,21,22)/t15-,16-/m0/s1. The first-order chi connectivity index (χ1) is 13.0. The predicted molar refractivity (Wildman–Crippen MR) is 101 cm³/mol. The number of likely N-dealkylation sites (tertiary alicyclic amines) is 2. The van der Waals surface area contributed by atoms with E-state index in [-0.39, 0.29) is 18.0 Å². The smallest absolute Gasteiger partial charge is 0.224 e. The Morgan fingerprint density at radius 1 is 1.37 bits per heavy atom. The number of aromatic nitrogens is 3. The molecule has 146 valence electrons. The number of H-pyrrole nitrogens is 1. The highest BCUT2D eigenvalue weighted by Gasteiger charge is 2.46. The van der Waals surface area contributed by atoms with Gasteiger partial charge in [0.2, 0.25) is 5.91 Å². The van der Waals surface area contributed by atoms with Crippen LogP contribution in [0.1, 0.15) is 55.6 Å². The Balaban J connectivity index is 1.42. The van der Waals surface area contributed by atoms with Crippen LogP contribution in [-0.2, 0) is 24.3 Å². The SMILES string of the molecule is CCCCc1nc(Cl)c(CN2CC[C@H]3[C@@H]2CC(=O)N3Cc2cc(C)on2)[nH]1. The molecule has 0 bridgehead atoms. The van der Waals surface area contributed by atoms with E-state index in [2.05, 4.69) is 26.9 Å². The van der Waals surface area contributed by atoms with E-state index in [1.165, 1.54) is 0 Å². The maximum atomic E-state index is 12.6. The summed E-state index contributed by atoms with van der Waals surface area (Å²) in [6.45, 7) is 6.22. The average Bonchev–Trinajstić information content (AvgIpc) is 3.37. The van der Waals surface area contributed by atoms with Gasteiger partial charge in [-0.1, -0.05) is 30.1 Å². The van der Waals surface area contributed by atoms with Crippen molar-refractivity contribution in [1.29, 1.82) is 0 Å². The molecule has 0 radical (unpaired) electrons. The van der Waals surface area contributed by atoms with Crippen LogP contribution in [0.25, 0.3) is 0 Å². The lowest BCUT2D eigenvalue weighted by molar-refractivity contribution is -0.129. The van der Waals surface area contributed by atoms with Gasteiger partial charge in [0.15, 0.2) is 5.15 Å². The van der Waals surface area contributed by atoms with E-state index >= 15 is 0 Å². The first-order valence-corrected chi connectivity index (χ1v) is 10.1. The maximum absolute atomic E-state index is 12.6. The Morgan fingerprint density at radius 2 is 2.22 bits per heavy atom. The summed E-state index contributed by atoms with van der Waals surface area (Å²) < 4.78 is 5.14. The number of aryl methyl sites for hydroxylation is 2. The summed E-state index contributed by atoms with van der Waals surface area (Å²) in [5, 5.41) is 4.60. The van der Waals surface area contributed by atoms with E-state index < -0.39 is 0 Å². The van der Waals surface area contributed by atoms with Crippen molar-refractivity contribution in [1.82, 2.24) is 24.9 Å². The number of nitrogens with one attached hydrogen (secondary N) is 1. The molecule has 2 atom stereocenters. The molecule has 1 N–H and O–H groups in total. The number of nitrogens with zero attached hydrogens (tertiary/aromatic N) is 4. The molecule has 2 aliphatic heterocycles. The van der Waals surface area contributed by atoms with Gasteiger partial charge in [0.25, 0.3) is 0 Å². The van der Waals surface area contributed by atoms with E-state index in [1.54, 1.807) is 0 Å². The van der Waals surface area contributed by atoms with Crippen molar-refractivity contribution in [3.8, 4) is 0 Å². The quantitative estimate of drug-likeness (QED) is 0.784. The molecule has 2 fully saturated rings. The van der Waals surface area contributed by atoms with Crippen molar-refractivity contribution in [2.75, 3.05) is 6.54 Å². The number of imidazole rings is 1. The van der Waals surface area contributed by atoms with Crippen LogP contribution in [0.5, 0.6) is 0 Å². The first kappa shape index (κ1) is 18.5. The molecule has 2 aliphatic rings. The van der Waals surface area contributed by atoms with Crippen molar-refractivity contribution in [3.05, 3.63) is 34.2 Å². The van der Waals surface area contributed by atoms with Gasteiger partial charge in [-0.05, 0) is 19.8 Å². The van der Waals surface area contributed by atoms with E-state index in [4.69, 9.17) is 16.1 Å². The van der Waals surface area contributed by atoms with Crippen LogP contribution in [-0.4, -0.2) is 49.5 Å². The number of aromatic amines is 1. The van der Waals surface area contributed by atoms with E-state index in [9.17, 15) is 4.79 Å². The normalized spacial score (nSPS) is 22.8. The molecule has 0 saturated carbocycles. The van der Waals surface area contributed by atoms with Gasteiger partial charge >= 0.3 is 0 Å². The van der Waals surface area contributed by atoms with E-state index in [0.717, 1.165) is 55.2 Å². The van der Waals surface area contributed by atoms with Crippen LogP contribution in [0.2, 0.25) is 5.15 Å². The topological polar surface area (TPSA) is 78.3 Å². The molecule has 0 aromatic carbocycles. The number of hydrogen-bond acceptors (Lipinski definition) is 5. The summed E-state index contributed by atoms with van der Waals surface area (Å²) in [5.74, 6) is 1.92. The third-order valence-electron chi connectivity index (χ3n) is 5.64. The molecule has 4 heterocycles. The fourth-order valence-corrected chi connectivity index (χ4v) is 4.50. The summed E-state index contributed by atoms with van der Waals surface area (Å²) >= 11 is 6.35. The van der Waals surface area contributed by atoms with Crippen molar-refractivity contribution >= 4 is 17.5 Å². The Labute approximate surface area is 164 Å². The number of rotatable bonds is 7. The zero-order valence-electron chi connectivity index (χ0n) is 15.9.